The zero-order valence-corrected chi connectivity index (χ0v) is 9.75. The van der Waals surface area contributed by atoms with E-state index in [2.05, 4.69) is 10.2 Å². The van der Waals surface area contributed by atoms with Crippen LogP contribution in [0.2, 0.25) is 0 Å². The molecule has 5 nitrogen and oxygen atoms in total. The minimum atomic E-state index is -0.957. The van der Waals surface area contributed by atoms with Gasteiger partial charge in [-0.2, -0.15) is 5.10 Å². The summed E-state index contributed by atoms with van der Waals surface area (Å²) >= 11 is 0. The lowest BCUT2D eigenvalue weighted by atomic mass is 10.2. The molecule has 0 saturated carbocycles. The number of nitrogens with zero attached hydrogens (tertiary/aromatic N) is 2. The lowest BCUT2D eigenvalue weighted by Gasteiger charge is -2.18. The monoisotopic (exact) mass is 274 g/mol. The van der Waals surface area contributed by atoms with Crippen LogP contribution in [0.25, 0.3) is 0 Å². The summed E-state index contributed by atoms with van der Waals surface area (Å²) in [5, 5.41) is 6.15. The Hall–Kier alpha value is -2.15. The Balaban J connectivity index is 0.00000162. The summed E-state index contributed by atoms with van der Waals surface area (Å²) in [6, 6.07) is 3.18. The van der Waals surface area contributed by atoms with Gasteiger partial charge in [0, 0.05) is 18.3 Å². The number of primary amides is 1. The van der Waals surface area contributed by atoms with Crippen LogP contribution < -0.4 is 10.6 Å². The van der Waals surface area contributed by atoms with Gasteiger partial charge in [-0.05, 0) is 12.1 Å². The Morgan fingerprint density at radius 3 is 2.61 bits per heavy atom. The number of aromatic nitrogens is 2. The van der Waals surface area contributed by atoms with E-state index in [1.165, 1.54) is 12.3 Å². The highest BCUT2D eigenvalue weighted by Gasteiger charge is 2.20. The summed E-state index contributed by atoms with van der Waals surface area (Å²) in [4.78, 5) is 12.0. The van der Waals surface area contributed by atoms with Crippen LogP contribution in [-0.2, 0) is 0 Å². The molecule has 0 unspecified atom stereocenters. The van der Waals surface area contributed by atoms with Gasteiger partial charge in [0.15, 0.2) is 5.82 Å². The van der Waals surface area contributed by atoms with Crippen molar-refractivity contribution in [2.75, 3.05) is 4.90 Å². The predicted molar refractivity (Wildman–Crippen MR) is 63.9 cm³/mol. The van der Waals surface area contributed by atoms with E-state index in [1.807, 2.05) is 0 Å². The first-order valence-corrected chi connectivity index (χ1v) is 4.64. The number of urea groups is 1. The Morgan fingerprint density at radius 2 is 2.06 bits per heavy atom. The number of nitrogens with one attached hydrogen (secondary N) is 1. The van der Waals surface area contributed by atoms with Gasteiger partial charge in [-0.15, -0.1) is 12.4 Å². The number of carbonyl (C=O) groups excluding carboxylic acids is 1. The standard InChI is InChI=1S/C10H8F2N4O.ClH/c11-6-1-2-7(12)8(5-6)16(10(13)17)9-3-4-14-15-9;/h1-5H,(H2,13,17)(H,14,15);1H. The molecule has 0 fully saturated rings. The van der Waals surface area contributed by atoms with E-state index in [-0.39, 0.29) is 23.9 Å². The SMILES string of the molecule is Cl.NC(=O)N(c1cc[nH]n1)c1cc(F)ccc1F. The van der Waals surface area contributed by atoms with Crippen molar-refractivity contribution in [3.63, 3.8) is 0 Å². The molecule has 0 aliphatic rings. The minimum absolute atomic E-state index is 0. The van der Waals surface area contributed by atoms with Crippen molar-refractivity contribution in [1.82, 2.24) is 10.2 Å². The van der Waals surface area contributed by atoms with Crippen LogP contribution >= 0.6 is 12.4 Å². The number of hydrogen-bond donors (Lipinski definition) is 2. The largest absolute Gasteiger partial charge is 0.351 e. The van der Waals surface area contributed by atoms with Gasteiger partial charge in [0.2, 0.25) is 0 Å². The van der Waals surface area contributed by atoms with Crippen LogP contribution in [0.1, 0.15) is 0 Å². The topological polar surface area (TPSA) is 75.0 Å². The molecule has 0 aliphatic heterocycles. The van der Waals surface area contributed by atoms with Crippen molar-refractivity contribution in [2.45, 2.75) is 0 Å². The molecule has 0 saturated heterocycles. The Bertz CT molecular complexity index is 547. The Kier molecular flexibility index (Phi) is 4.22. The Morgan fingerprint density at radius 1 is 1.33 bits per heavy atom. The molecule has 1 heterocycles. The second-order valence-electron chi connectivity index (χ2n) is 3.20. The van der Waals surface area contributed by atoms with Gasteiger partial charge in [-0.1, -0.05) is 0 Å². The van der Waals surface area contributed by atoms with E-state index in [0.717, 1.165) is 23.1 Å². The fraction of sp³-hybridized carbons (Fsp3) is 0. The van der Waals surface area contributed by atoms with Crippen LogP contribution in [0.15, 0.2) is 30.5 Å². The summed E-state index contributed by atoms with van der Waals surface area (Å²) < 4.78 is 26.6. The third kappa shape index (κ3) is 2.57. The molecule has 3 N–H and O–H groups in total. The number of anilines is 2. The van der Waals surface area contributed by atoms with E-state index >= 15 is 0 Å². The average Bonchev–Trinajstić information content (AvgIpc) is 2.76. The summed E-state index contributed by atoms with van der Waals surface area (Å²) in [6.07, 6.45) is 1.43. The van der Waals surface area contributed by atoms with E-state index in [9.17, 15) is 13.6 Å². The molecule has 0 aliphatic carbocycles. The molecule has 0 spiro atoms. The van der Waals surface area contributed by atoms with Crippen molar-refractivity contribution in [2.24, 2.45) is 5.73 Å². The van der Waals surface area contributed by atoms with Gasteiger partial charge in [-0.3, -0.25) is 5.10 Å². The van der Waals surface area contributed by atoms with E-state index in [4.69, 9.17) is 5.73 Å². The molecule has 18 heavy (non-hydrogen) atoms. The van der Waals surface area contributed by atoms with Gasteiger partial charge >= 0.3 is 6.03 Å². The number of carbonyl (C=O) groups is 1. The fourth-order valence-corrected chi connectivity index (χ4v) is 1.39. The molecule has 0 radical (unpaired) electrons. The van der Waals surface area contributed by atoms with Crippen LogP contribution in [0.5, 0.6) is 0 Å². The number of amides is 2. The zero-order chi connectivity index (χ0) is 12.4. The van der Waals surface area contributed by atoms with Gasteiger partial charge in [0.1, 0.15) is 11.6 Å². The summed E-state index contributed by atoms with van der Waals surface area (Å²) in [5.41, 5.74) is 4.84. The van der Waals surface area contributed by atoms with Crippen LogP contribution in [-0.4, -0.2) is 16.2 Å². The third-order valence-electron chi connectivity index (χ3n) is 2.08. The molecular formula is C10H9ClF2N4O. The van der Waals surface area contributed by atoms with Gasteiger partial charge in [0.05, 0.1) is 5.69 Å². The van der Waals surface area contributed by atoms with Gasteiger partial charge in [-0.25, -0.2) is 18.5 Å². The average molecular weight is 275 g/mol. The molecule has 2 amide bonds. The summed E-state index contributed by atoms with van der Waals surface area (Å²) in [6.45, 7) is 0. The molecule has 1 aromatic heterocycles. The summed E-state index contributed by atoms with van der Waals surface area (Å²) in [7, 11) is 0. The van der Waals surface area contributed by atoms with E-state index < -0.39 is 17.7 Å². The van der Waals surface area contributed by atoms with Crippen LogP contribution in [0.4, 0.5) is 25.1 Å². The van der Waals surface area contributed by atoms with Crippen molar-refractivity contribution < 1.29 is 13.6 Å². The highest BCUT2D eigenvalue weighted by atomic mass is 35.5. The fourth-order valence-electron chi connectivity index (χ4n) is 1.39. The molecule has 1 aromatic carbocycles. The van der Waals surface area contributed by atoms with E-state index in [0.29, 0.717) is 0 Å². The minimum Gasteiger partial charge on any atom is -0.351 e. The maximum atomic E-state index is 13.5. The second-order valence-corrected chi connectivity index (χ2v) is 3.20. The van der Waals surface area contributed by atoms with Gasteiger partial charge < -0.3 is 5.73 Å². The quantitative estimate of drug-likeness (QED) is 0.882. The number of aromatic amines is 1. The van der Waals surface area contributed by atoms with Crippen molar-refractivity contribution in [3.05, 3.63) is 42.1 Å². The van der Waals surface area contributed by atoms with Crippen molar-refractivity contribution in [3.8, 4) is 0 Å². The van der Waals surface area contributed by atoms with E-state index in [1.54, 1.807) is 0 Å². The van der Waals surface area contributed by atoms with Crippen LogP contribution in [0, 0.1) is 11.6 Å². The first-order chi connectivity index (χ1) is 8.09. The number of nitrogens with two attached hydrogens (primary N) is 1. The molecule has 2 rings (SSSR count). The lowest BCUT2D eigenvalue weighted by molar-refractivity contribution is 0.255. The first-order valence-electron chi connectivity index (χ1n) is 4.64. The molecular weight excluding hydrogens is 266 g/mol. The molecule has 2 aromatic rings. The maximum Gasteiger partial charge on any atom is 0.325 e. The number of hydrogen-bond acceptors (Lipinski definition) is 2. The van der Waals surface area contributed by atoms with Crippen molar-refractivity contribution in [1.29, 1.82) is 0 Å². The predicted octanol–water partition coefficient (Wildman–Crippen LogP) is 2.33. The molecule has 96 valence electrons. The number of H-pyrrole nitrogens is 1. The maximum absolute atomic E-state index is 13.5. The lowest BCUT2D eigenvalue weighted by Crippen LogP contribution is -2.32. The molecule has 0 atom stereocenters. The highest BCUT2D eigenvalue weighted by Crippen LogP contribution is 2.26. The Labute approximate surface area is 107 Å². The van der Waals surface area contributed by atoms with Gasteiger partial charge in [0.25, 0.3) is 0 Å². The van der Waals surface area contributed by atoms with Crippen molar-refractivity contribution >= 4 is 29.9 Å². The molecule has 8 heteroatoms. The normalized spacial score (nSPS) is 9.67. The zero-order valence-electron chi connectivity index (χ0n) is 8.93. The number of halogens is 3. The highest BCUT2D eigenvalue weighted by molar-refractivity contribution is 5.97. The first kappa shape index (κ1) is 13.9. The number of benzene rings is 1. The summed E-state index contributed by atoms with van der Waals surface area (Å²) in [5.74, 6) is -1.36. The smallest absolute Gasteiger partial charge is 0.325 e. The third-order valence-corrected chi connectivity index (χ3v) is 2.08. The second kappa shape index (κ2) is 5.46. The molecule has 0 bridgehead atoms. The number of rotatable bonds is 2. The van der Waals surface area contributed by atoms with Crippen LogP contribution in [0.3, 0.4) is 0 Å².